The topological polar surface area (TPSA) is 85.6 Å². The number of ketones is 1. The summed E-state index contributed by atoms with van der Waals surface area (Å²) >= 11 is 0. The number of hydrogen-bond donors (Lipinski definition) is 1. The van der Waals surface area contributed by atoms with Gasteiger partial charge < -0.3 is 14.5 Å². The Morgan fingerprint density at radius 3 is 2.36 bits per heavy atom. The monoisotopic (exact) mass is 343 g/mol. The summed E-state index contributed by atoms with van der Waals surface area (Å²) < 4.78 is 10.3. The molecule has 0 bridgehead atoms. The van der Waals surface area contributed by atoms with Gasteiger partial charge in [0, 0.05) is 19.0 Å². The van der Waals surface area contributed by atoms with E-state index in [1.807, 2.05) is 12.1 Å². The molecule has 1 aromatic heterocycles. The number of ether oxygens (including phenoxy) is 1. The minimum Gasteiger partial charge on any atom is -0.466 e. The summed E-state index contributed by atoms with van der Waals surface area (Å²) in [7, 11) is 0. The predicted octanol–water partition coefficient (Wildman–Crippen LogP) is 2.61. The Morgan fingerprint density at radius 1 is 1.12 bits per heavy atom. The number of amides is 1. The maximum atomic E-state index is 12.1. The van der Waals surface area contributed by atoms with Crippen molar-refractivity contribution in [2.75, 3.05) is 13.2 Å². The summed E-state index contributed by atoms with van der Waals surface area (Å²) in [6, 6.07) is 8.60. The van der Waals surface area contributed by atoms with Crippen molar-refractivity contribution in [1.82, 2.24) is 5.32 Å². The summed E-state index contributed by atoms with van der Waals surface area (Å²) in [5.74, 6) is 0.162. The molecule has 0 radical (unpaired) electrons. The maximum absolute atomic E-state index is 12.1. The Kier molecular flexibility index (Phi) is 6.11. The molecule has 0 aliphatic heterocycles. The third-order valence-electron chi connectivity index (χ3n) is 3.66. The molecule has 1 amide bonds. The first-order valence-corrected chi connectivity index (χ1v) is 7.97. The molecule has 0 saturated heterocycles. The van der Waals surface area contributed by atoms with Gasteiger partial charge in [0.1, 0.15) is 17.1 Å². The fourth-order valence-corrected chi connectivity index (χ4v) is 2.37. The number of furan rings is 1. The standard InChI is InChI=1S/C19H21NO5/c1-12-10-17(13(2)25-12)19(23)24-11-18(22)16-6-4-15(5-7-16)8-9-20-14(3)21/h4-7,10H,8-9,11H2,1-3H3,(H,20,21). The highest BCUT2D eigenvalue weighted by Crippen LogP contribution is 2.15. The van der Waals surface area contributed by atoms with Gasteiger partial charge >= 0.3 is 5.97 Å². The molecule has 1 N–H and O–H groups in total. The zero-order valence-electron chi connectivity index (χ0n) is 14.5. The van der Waals surface area contributed by atoms with Gasteiger partial charge in [-0.25, -0.2) is 4.79 Å². The maximum Gasteiger partial charge on any atom is 0.342 e. The number of carbonyl (C=O) groups excluding carboxylic acids is 3. The second kappa shape index (κ2) is 8.28. The molecule has 0 spiro atoms. The van der Waals surface area contributed by atoms with Crippen LogP contribution < -0.4 is 5.32 Å². The number of rotatable bonds is 7. The van der Waals surface area contributed by atoms with E-state index in [4.69, 9.17) is 9.15 Å². The molecule has 0 saturated carbocycles. The van der Waals surface area contributed by atoms with Crippen molar-refractivity contribution in [3.63, 3.8) is 0 Å². The third kappa shape index (κ3) is 5.31. The number of carbonyl (C=O) groups is 3. The van der Waals surface area contributed by atoms with E-state index < -0.39 is 5.97 Å². The lowest BCUT2D eigenvalue weighted by Crippen LogP contribution is -2.22. The van der Waals surface area contributed by atoms with E-state index in [2.05, 4.69) is 5.32 Å². The van der Waals surface area contributed by atoms with E-state index in [-0.39, 0.29) is 18.3 Å². The van der Waals surface area contributed by atoms with Crippen molar-refractivity contribution in [2.45, 2.75) is 27.2 Å². The molecule has 132 valence electrons. The molecular weight excluding hydrogens is 322 g/mol. The van der Waals surface area contributed by atoms with Gasteiger partial charge in [0.05, 0.1) is 0 Å². The first-order valence-electron chi connectivity index (χ1n) is 7.97. The van der Waals surface area contributed by atoms with E-state index in [1.165, 1.54) is 6.92 Å². The van der Waals surface area contributed by atoms with Gasteiger partial charge in [-0.05, 0) is 31.9 Å². The van der Waals surface area contributed by atoms with Crippen LogP contribution in [0.25, 0.3) is 0 Å². The highest BCUT2D eigenvalue weighted by Gasteiger charge is 2.17. The molecule has 0 aliphatic rings. The molecule has 25 heavy (non-hydrogen) atoms. The van der Waals surface area contributed by atoms with Crippen LogP contribution in [0.15, 0.2) is 34.7 Å². The quantitative estimate of drug-likeness (QED) is 0.617. The zero-order chi connectivity index (χ0) is 18.4. The lowest BCUT2D eigenvalue weighted by Gasteiger charge is -2.06. The molecule has 0 aliphatic carbocycles. The van der Waals surface area contributed by atoms with E-state index in [1.54, 1.807) is 32.0 Å². The summed E-state index contributed by atoms with van der Waals surface area (Å²) in [4.78, 5) is 34.9. The first-order chi connectivity index (χ1) is 11.9. The predicted molar refractivity (Wildman–Crippen MR) is 91.6 cm³/mol. The summed E-state index contributed by atoms with van der Waals surface area (Å²) in [5, 5.41) is 2.71. The Labute approximate surface area is 146 Å². The highest BCUT2D eigenvalue weighted by molar-refractivity contribution is 5.99. The van der Waals surface area contributed by atoms with Crippen molar-refractivity contribution in [2.24, 2.45) is 0 Å². The van der Waals surface area contributed by atoms with Crippen LogP contribution in [0.3, 0.4) is 0 Å². The number of Topliss-reactive ketones (excluding diaryl/α,β-unsaturated/α-hetero) is 1. The highest BCUT2D eigenvalue weighted by atomic mass is 16.5. The van der Waals surface area contributed by atoms with Crippen LogP contribution in [0.2, 0.25) is 0 Å². The molecule has 6 nitrogen and oxygen atoms in total. The number of aryl methyl sites for hydroxylation is 2. The molecule has 1 aromatic carbocycles. The van der Waals surface area contributed by atoms with Gasteiger partial charge in [-0.2, -0.15) is 0 Å². The van der Waals surface area contributed by atoms with Gasteiger partial charge in [0.2, 0.25) is 5.91 Å². The average molecular weight is 343 g/mol. The molecule has 2 aromatic rings. The van der Waals surface area contributed by atoms with Crippen molar-refractivity contribution in [1.29, 1.82) is 0 Å². The van der Waals surface area contributed by atoms with Crippen molar-refractivity contribution >= 4 is 17.7 Å². The normalized spacial score (nSPS) is 10.4. The van der Waals surface area contributed by atoms with Crippen LogP contribution in [0.4, 0.5) is 0 Å². The Balaban J connectivity index is 1.87. The zero-order valence-corrected chi connectivity index (χ0v) is 14.5. The second-order valence-electron chi connectivity index (χ2n) is 5.76. The van der Waals surface area contributed by atoms with Gasteiger partial charge in [0.25, 0.3) is 0 Å². The molecule has 2 rings (SSSR count). The van der Waals surface area contributed by atoms with Gasteiger partial charge in [-0.3, -0.25) is 9.59 Å². The van der Waals surface area contributed by atoms with Crippen LogP contribution in [0.1, 0.15) is 44.7 Å². The SMILES string of the molecule is CC(=O)NCCc1ccc(C(=O)COC(=O)c2cc(C)oc2C)cc1. The largest absolute Gasteiger partial charge is 0.466 e. The Morgan fingerprint density at radius 2 is 1.80 bits per heavy atom. The van der Waals surface area contributed by atoms with Gasteiger partial charge in [0.15, 0.2) is 12.4 Å². The Hall–Kier alpha value is -2.89. The van der Waals surface area contributed by atoms with Crippen LogP contribution in [0, 0.1) is 13.8 Å². The fraction of sp³-hybridized carbons (Fsp3) is 0.316. The summed E-state index contributed by atoms with van der Waals surface area (Å²) in [6.45, 7) is 5.10. The summed E-state index contributed by atoms with van der Waals surface area (Å²) in [6.07, 6.45) is 0.683. The molecule has 0 fully saturated rings. The van der Waals surface area contributed by atoms with Gasteiger partial charge in [-0.1, -0.05) is 24.3 Å². The van der Waals surface area contributed by atoms with Crippen LogP contribution in [0.5, 0.6) is 0 Å². The second-order valence-corrected chi connectivity index (χ2v) is 5.76. The third-order valence-corrected chi connectivity index (χ3v) is 3.66. The lowest BCUT2D eigenvalue weighted by atomic mass is 10.1. The molecule has 1 heterocycles. The first kappa shape index (κ1) is 18.4. The van der Waals surface area contributed by atoms with E-state index in [9.17, 15) is 14.4 Å². The smallest absolute Gasteiger partial charge is 0.342 e. The average Bonchev–Trinajstić information content (AvgIpc) is 2.91. The van der Waals surface area contributed by atoms with E-state index >= 15 is 0 Å². The van der Waals surface area contributed by atoms with Crippen molar-refractivity contribution < 1.29 is 23.5 Å². The minimum absolute atomic E-state index is 0.0725. The van der Waals surface area contributed by atoms with Crippen LogP contribution in [-0.2, 0) is 16.0 Å². The molecule has 6 heteroatoms. The van der Waals surface area contributed by atoms with E-state index in [0.29, 0.717) is 35.6 Å². The number of hydrogen-bond acceptors (Lipinski definition) is 5. The van der Waals surface area contributed by atoms with Gasteiger partial charge in [-0.15, -0.1) is 0 Å². The van der Waals surface area contributed by atoms with Crippen LogP contribution in [-0.4, -0.2) is 30.8 Å². The van der Waals surface area contributed by atoms with Crippen molar-refractivity contribution in [3.8, 4) is 0 Å². The number of benzene rings is 1. The molecule has 0 atom stereocenters. The molecular formula is C19H21NO5. The fourth-order valence-electron chi connectivity index (χ4n) is 2.37. The van der Waals surface area contributed by atoms with Crippen molar-refractivity contribution in [3.05, 3.63) is 58.5 Å². The Bertz CT molecular complexity index is 774. The van der Waals surface area contributed by atoms with E-state index in [0.717, 1.165) is 5.56 Å². The lowest BCUT2D eigenvalue weighted by molar-refractivity contribution is -0.118. The molecule has 0 unspecified atom stereocenters. The van der Waals surface area contributed by atoms with Crippen LogP contribution >= 0.6 is 0 Å². The number of esters is 1. The minimum atomic E-state index is -0.574. The number of nitrogens with one attached hydrogen (secondary N) is 1. The summed E-state index contributed by atoms with van der Waals surface area (Å²) in [5.41, 5.74) is 1.81.